The molecule has 0 saturated heterocycles. The van der Waals surface area contributed by atoms with Gasteiger partial charge in [0.1, 0.15) is 17.4 Å². The number of benzene rings is 1. The molecule has 10 heteroatoms. The molecule has 0 spiro atoms. The van der Waals surface area contributed by atoms with Crippen molar-refractivity contribution in [2.24, 2.45) is 4.99 Å². The van der Waals surface area contributed by atoms with E-state index in [9.17, 15) is 4.79 Å². The number of rotatable bonds is 5. The minimum absolute atomic E-state index is 0.146. The number of carbonyl (C=O) groups excluding carboxylic acids is 1. The van der Waals surface area contributed by atoms with Crippen molar-refractivity contribution in [2.75, 3.05) is 30.0 Å². The second-order valence-corrected chi connectivity index (χ2v) is 9.31. The van der Waals surface area contributed by atoms with E-state index in [1.807, 2.05) is 16.9 Å². The van der Waals surface area contributed by atoms with E-state index in [0.29, 0.717) is 18.2 Å². The number of nitrogens with zero attached hydrogens (tertiary/aromatic N) is 5. The molecule has 0 aliphatic carbocycles. The van der Waals surface area contributed by atoms with Gasteiger partial charge in [0.25, 0.3) is 5.91 Å². The van der Waals surface area contributed by atoms with E-state index in [4.69, 9.17) is 0 Å². The van der Waals surface area contributed by atoms with E-state index in [-0.39, 0.29) is 5.91 Å². The van der Waals surface area contributed by atoms with E-state index in [1.165, 1.54) is 26.2 Å². The molecule has 0 bridgehead atoms. The summed E-state index contributed by atoms with van der Waals surface area (Å²) in [6, 6.07) is 8.38. The predicted molar refractivity (Wildman–Crippen MR) is 127 cm³/mol. The lowest BCUT2D eigenvalue weighted by Gasteiger charge is -2.24. The summed E-state index contributed by atoms with van der Waals surface area (Å²) in [6.45, 7) is 2.72. The molecule has 154 valence electrons. The first kappa shape index (κ1) is 19.5. The number of hydrogen-bond acceptors (Lipinski definition) is 7. The summed E-state index contributed by atoms with van der Waals surface area (Å²) < 4.78 is 3.09. The summed E-state index contributed by atoms with van der Waals surface area (Å²) in [5.74, 6) is 0.699. The summed E-state index contributed by atoms with van der Waals surface area (Å²) in [5.41, 5.74) is 3.27. The van der Waals surface area contributed by atoms with Crippen LogP contribution in [0.3, 0.4) is 0 Å². The van der Waals surface area contributed by atoms with Crippen LogP contribution in [0.5, 0.6) is 0 Å². The molecule has 0 saturated carbocycles. The predicted octanol–water partition coefficient (Wildman–Crippen LogP) is 2.96. The maximum absolute atomic E-state index is 12.6. The minimum Gasteiger partial charge on any atom is -0.356 e. The van der Waals surface area contributed by atoms with Crippen LogP contribution in [0.4, 0.5) is 10.7 Å². The van der Waals surface area contributed by atoms with Gasteiger partial charge in [0.2, 0.25) is 0 Å². The lowest BCUT2D eigenvalue weighted by molar-refractivity contribution is 0.0952. The van der Waals surface area contributed by atoms with Crippen LogP contribution < -0.4 is 15.5 Å². The molecule has 0 radical (unpaired) electrons. The molecule has 2 aromatic heterocycles. The van der Waals surface area contributed by atoms with E-state index in [1.54, 1.807) is 6.20 Å². The fraction of sp³-hybridized carbons (Fsp3) is 0.300. The molecule has 2 aliphatic rings. The lowest BCUT2D eigenvalue weighted by Crippen LogP contribution is -2.33. The third-order valence-corrected chi connectivity index (χ3v) is 6.79. The summed E-state index contributed by atoms with van der Waals surface area (Å²) >= 11 is 3.73. The molecule has 1 amide bonds. The maximum Gasteiger partial charge on any atom is 0.280 e. The van der Waals surface area contributed by atoms with Crippen molar-refractivity contribution in [1.82, 2.24) is 20.1 Å². The van der Waals surface area contributed by atoms with Crippen LogP contribution in [0.15, 0.2) is 41.7 Å². The highest BCUT2D eigenvalue weighted by molar-refractivity contribution is 14.1. The zero-order valence-electron chi connectivity index (χ0n) is 16.1. The summed E-state index contributed by atoms with van der Waals surface area (Å²) in [5, 5.41) is 11.8. The van der Waals surface area contributed by atoms with Crippen molar-refractivity contribution >= 4 is 56.4 Å². The van der Waals surface area contributed by atoms with E-state index in [0.717, 1.165) is 42.5 Å². The summed E-state index contributed by atoms with van der Waals surface area (Å²) in [4.78, 5) is 24.2. The van der Waals surface area contributed by atoms with Gasteiger partial charge in [-0.05, 0) is 65.3 Å². The first-order valence-corrected chi connectivity index (χ1v) is 11.7. The Balaban J connectivity index is 1.28. The number of carbonyl (C=O) groups is 1. The van der Waals surface area contributed by atoms with Crippen molar-refractivity contribution < 1.29 is 4.79 Å². The van der Waals surface area contributed by atoms with Gasteiger partial charge in [-0.25, -0.2) is 9.98 Å². The molecule has 2 N–H and O–H groups in total. The van der Waals surface area contributed by atoms with Crippen molar-refractivity contribution in [3.63, 3.8) is 0 Å². The normalized spacial score (nSPS) is 14.7. The number of thiazole rings is 1. The van der Waals surface area contributed by atoms with Gasteiger partial charge in [-0.2, -0.15) is 5.10 Å². The molecule has 0 unspecified atom stereocenters. The molecule has 3 aromatic rings. The number of fused-ring (bicyclic) bond motifs is 2. The third kappa shape index (κ3) is 3.81. The minimum atomic E-state index is -0.146. The number of aryl methyl sites for hydroxylation is 1. The number of aliphatic imine (C=N–C) groups is 1. The Morgan fingerprint density at radius 2 is 2.30 bits per heavy atom. The van der Waals surface area contributed by atoms with Crippen LogP contribution in [0.25, 0.3) is 0 Å². The Labute approximate surface area is 191 Å². The highest BCUT2D eigenvalue weighted by Gasteiger charge is 2.30. The van der Waals surface area contributed by atoms with Gasteiger partial charge in [-0.3, -0.25) is 9.48 Å². The zero-order valence-corrected chi connectivity index (χ0v) is 19.1. The third-order valence-electron chi connectivity index (χ3n) is 5.10. The second-order valence-electron chi connectivity index (χ2n) is 7.07. The molecular formula is C20H20IN7OS. The van der Waals surface area contributed by atoms with Crippen LogP contribution in [0.2, 0.25) is 0 Å². The van der Waals surface area contributed by atoms with E-state index < -0.39 is 0 Å². The SMILES string of the molecule is O=C(NCCCn1cccn1)c1nc2c(s1)NCN=C2N1CCc2cc(I)ccc21. The Morgan fingerprint density at radius 3 is 3.17 bits per heavy atom. The van der Waals surface area contributed by atoms with Crippen molar-refractivity contribution in [3.8, 4) is 0 Å². The van der Waals surface area contributed by atoms with Crippen molar-refractivity contribution in [1.29, 1.82) is 0 Å². The number of halogens is 1. The highest BCUT2D eigenvalue weighted by atomic mass is 127. The van der Waals surface area contributed by atoms with E-state index >= 15 is 0 Å². The average molecular weight is 533 g/mol. The fourth-order valence-corrected chi connectivity index (χ4v) is 5.13. The quantitative estimate of drug-likeness (QED) is 0.389. The Morgan fingerprint density at radius 1 is 1.37 bits per heavy atom. The molecule has 4 heterocycles. The average Bonchev–Trinajstić information content (AvgIpc) is 3.49. The smallest absolute Gasteiger partial charge is 0.280 e. The first-order chi connectivity index (χ1) is 14.7. The maximum atomic E-state index is 12.6. The van der Waals surface area contributed by atoms with Crippen LogP contribution in [0, 0.1) is 3.57 Å². The number of aromatic nitrogens is 3. The summed E-state index contributed by atoms with van der Waals surface area (Å²) in [7, 11) is 0. The molecule has 2 aliphatic heterocycles. The molecular weight excluding hydrogens is 513 g/mol. The fourth-order valence-electron chi connectivity index (χ4n) is 3.70. The van der Waals surface area contributed by atoms with Gasteiger partial charge in [-0.1, -0.05) is 11.3 Å². The molecule has 0 atom stereocenters. The molecule has 8 nitrogen and oxygen atoms in total. The van der Waals surface area contributed by atoms with Gasteiger partial charge in [-0.15, -0.1) is 0 Å². The molecule has 1 aromatic carbocycles. The van der Waals surface area contributed by atoms with Gasteiger partial charge < -0.3 is 15.5 Å². The van der Waals surface area contributed by atoms with Crippen LogP contribution in [-0.4, -0.2) is 46.3 Å². The monoisotopic (exact) mass is 533 g/mol. The standard InChI is InChI=1S/C20H20IN7OS/c21-14-3-4-15-13(11-14)5-10-28(15)17-16-19(24-12-23-17)30-20(26-16)18(29)22-6-1-8-27-9-2-7-25-27/h2-4,7,9,11,24H,1,5-6,8,10,12H2,(H,22,29). The topological polar surface area (TPSA) is 87.4 Å². The van der Waals surface area contributed by atoms with Gasteiger partial charge in [0, 0.05) is 41.3 Å². The zero-order chi connectivity index (χ0) is 20.5. The number of nitrogens with one attached hydrogen (secondary N) is 2. The first-order valence-electron chi connectivity index (χ1n) is 9.80. The van der Waals surface area contributed by atoms with Crippen LogP contribution in [-0.2, 0) is 13.0 Å². The van der Waals surface area contributed by atoms with Gasteiger partial charge >= 0.3 is 0 Å². The Bertz CT molecular complexity index is 1110. The molecule has 5 rings (SSSR count). The van der Waals surface area contributed by atoms with Crippen LogP contribution in [0.1, 0.15) is 27.5 Å². The number of hydrogen-bond donors (Lipinski definition) is 2. The number of amidine groups is 1. The number of anilines is 2. The Hall–Kier alpha value is -2.47. The lowest BCUT2D eigenvalue weighted by atomic mass is 10.2. The van der Waals surface area contributed by atoms with Gasteiger partial charge in [0.05, 0.1) is 0 Å². The second kappa shape index (κ2) is 8.34. The summed E-state index contributed by atoms with van der Waals surface area (Å²) in [6.07, 6.45) is 5.47. The van der Waals surface area contributed by atoms with E-state index in [2.05, 4.69) is 71.4 Å². The van der Waals surface area contributed by atoms with Gasteiger partial charge in [0.15, 0.2) is 10.8 Å². The van der Waals surface area contributed by atoms with Crippen LogP contribution >= 0.6 is 33.9 Å². The number of amides is 1. The van der Waals surface area contributed by atoms with Crippen molar-refractivity contribution in [2.45, 2.75) is 19.4 Å². The highest BCUT2D eigenvalue weighted by Crippen LogP contribution is 2.35. The largest absolute Gasteiger partial charge is 0.356 e. The molecule has 30 heavy (non-hydrogen) atoms. The van der Waals surface area contributed by atoms with Crippen molar-refractivity contribution in [3.05, 3.63) is 56.5 Å². The molecule has 0 fully saturated rings. The Kier molecular flexibility index (Phi) is 5.42.